The Morgan fingerprint density at radius 1 is 0.186 bits per heavy atom. The first kappa shape index (κ1) is 68.9. The standard InChI is InChI=1S/C66H20F30N6/c67-37-31(38(68)50(80)61(91)49(37)79)25-13-1-2-14(97-13)26(32-39(69)51(81)62(92)52(82)40(32)70)16-5-6-18(99-16)28(34-43(73)55(85)64(94)56(86)44(34)74)20-9-10-22(101-20)30(36-47(77)59(89)66(96)60(90)48(36)78)24-12-11-23(102-24)29(35-45(75)57(87)65(95)58(88)46(35)76)21-8-7-19(100-21)27(17-4-3-15(25)98-17)33-41(71)53(83)63(93)54(84)42(33)72/h1-13,24,97-102H/b25-15-,26-14+,27-17-,28-20+,29-23+,30-22+. The zero-order valence-electron chi connectivity index (χ0n) is 48.4. The minimum absolute atomic E-state index is 0.443. The molecule has 6 nitrogen and oxygen atoms in total. The number of fused-ring (bicyclic) bond motifs is 12. The Balaban J connectivity index is 1.24. The van der Waals surface area contributed by atoms with Crippen molar-refractivity contribution < 1.29 is 132 Å². The Morgan fingerprint density at radius 2 is 0.373 bits per heavy atom. The molecule has 2 atom stereocenters. The lowest BCUT2D eigenvalue weighted by Crippen LogP contribution is -2.31. The number of hydrogen-bond acceptors (Lipinski definition) is 2. The molecular formula is C66H20F30N6. The van der Waals surface area contributed by atoms with E-state index in [-0.39, 0.29) is 0 Å². The first-order valence-corrected chi connectivity index (χ1v) is 27.9. The van der Waals surface area contributed by atoms with Gasteiger partial charge in [-0.1, -0.05) is 12.2 Å². The Kier molecular flexibility index (Phi) is 16.6. The molecule has 0 fully saturated rings. The second-order valence-electron chi connectivity index (χ2n) is 21.9. The van der Waals surface area contributed by atoms with E-state index in [0.717, 1.165) is 0 Å². The molecule has 13 rings (SSSR count). The van der Waals surface area contributed by atoms with Crippen LogP contribution in [0.4, 0.5) is 132 Å². The van der Waals surface area contributed by atoms with Crippen molar-refractivity contribution in [3.05, 3.63) is 336 Å². The number of nitrogens with one attached hydrogen (secondary N) is 6. The largest absolute Gasteiger partial charge is 0.374 e. The summed E-state index contributed by atoms with van der Waals surface area (Å²) in [4.78, 5) is 8.61. The number of aromatic amines is 4. The van der Waals surface area contributed by atoms with Crippen molar-refractivity contribution in [3.8, 4) is 0 Å². The van der Waals surface area contributed by atoms with Crippen LogP contribution in [0.15, 0.2) is 84.2 Å². The SMILES string of the molecule is Fc1c(F)c(F)c(/C2=C3\C=CC(N3)/C(c3c(F)c(F)c(F)c(F)c3F)=c3\cc/c([nH]3)=C(/c3c(F)c(F)c(F)c(F)c3F)c3ccc([nH]3)/C(c3c(F)c(F)c(F)c(F)c3F)=C3/C=CC(N3)/C(c3c(F)c(F)c(F)c(F)c3F)=c3/cc/c([nH]3)=C(\c3c(F)c(F)c(F)c(F)c3F)c3ccc2[nH]3)c(F)c1F. The zero-order chi connectivity index (χ0) is 73.9. The summed E-state index contributed by atoms with van der Waals surface area (Å²) in [5.74, 6) is -84.9. The van der Waals surface area contributed by atoms with Crippen LogP contribution in [0, 0.1) is 175 Å². The van der Waals surface area contributed by atoms with Gasteiger partial charge in [-0.2, -0.15) is 0 Å². The number of hydrogen-bond donors (Lipinski definition) is 6. The highest BCUT2D eigenvalue weighted by Crippen LogP contribution is 2.43. The maximum absolute atomic E-state index is 16.5. The highest BCUT2D eigenvalue weighted by Gasteiger charge is 2.40. The van der Waals surface area contributed by atoms with E-state index in [4.69, 9.17) is 0 Å². The van der Waals surface area contributed by atoms with Gasteiger partial charge in [0.25, 0.3) is 0 Å². The van der Waals surface area contributed by atoms with Crippen LogP contribution >= 0.6 is 0 Å². The van der Waals surface area contributed by atoms with E-state index in [9.17, 15) is 26.3 Å². The van der Waals surface area contributed by atoms with Crippen molar-refractivity contribution in [2.45, 2.75) is 12.1 Å². The van der Waals surface area contributed by atoms with Gasteiger partial charge in [-0.15, -0.1) is 0 Å². The third-order valence-electron chi connectivity index (χ3n) is 16.4. The molecule has 4 aromatic heterocycles. The molecule has 0 amide bonds. The summed E-state index contributed by atoms with van der Waals surface area (Å²) in [7, 11) is 0. The summed E-state index contributed by atoms with van der Waals surface area (Å²) in [5.41, 5.74) is -28.7. The minimum Gasteiger partial charge on any atom is -0.374 e. The fraction of sp³-hybridized carbons (Fsp3) is 0.0303. The first-order chi connectivity index (χ1) is 48.1. The lowest BCUT2D eigenvalue weighted by Gasteiger charge is -2.20. The number of benzene rings is 6. The van der Waals surface area contributed by atoms with Gasteiger partial charge in [-0.25, -0.2) is 132 Å². The van der Waals surface area contributed by atoms with Gasteiger partial charge in [0.05, 0.1) is 45.5 Å². The molecule has 0 radical (unpaired) electrons. The van der Waals surface area contributed by atoms with Crippen molar-refractivity contribution >= 4 is 33.4 Å². The van der Waals surface area contributed by atoms with E-state index in [1.807, 2.05) is 0 Å². The van der Waals surface area contributed by atoms with Gasteiger partial charge in [0, 0.05) is 89.0 Å². The molecule has 36 heteroatoms. The molecule has 0 aliphatic carbocycles. The second-order valence-corrected chi connectivity index (χ2v) is 21.9. The van der Waals surface area contributed by atoms with Crippen LogP contribution in [-0.2, 0) is 0 Å². The molecular weight excluding hydrogens is 1450 g/mol. The van der Waals surface area contributed by atoms with Gasteiger partial charge in [0.15, 0.2) is 140 Å². The zero-order valence-corrected chi connectivity index (χ0v) is 48.4. The van der Waals surface area contributed by atoms with Gasteiger partial charge >= 0.3 is 0 Å². The maximum atomic E-state index is 16.5. The normalized spacial score (nSPS) is 19.0. The van der Waals surface area contributed by atoms with Crippen LogP contribution in [0.5, 0.6) is 0 Å². The molecule has 10 aromatic rings. The first-order valence-electron chi connectivity index (χ1n) is 27.9. The Bertz CT molecular complexity index is 5340. The Labute approximate surface area is 542 Å². The Morgan fingerprint density at radius 3 is 0.608 bits per heavy atom. The summed E-state index contributed by atoms with van der Waals surface area (Å²) >= 11 is 0. The molecule has 3 aliphatic heterocycles. The number of rotatable bonds is 6. The van der Waals surface area contributed by atoms with Crippen LogP contribution < -0.4 is 32.0 Å². The number of allylic oxidation sites excluding steroid dienone is 2. The molecule has 2 unspecified atom stereocenters. The fourth-order valence-corrected chi connectivity index (χ4v) is 11.9. The monoisotopic (exact) mass is 1470 g/mol. The quantitative estimate of drug-likeness (QED) is 0.0569. The van der Waals surface area contributed by atoms with Crippen molar-refractivity contribution in [2.24, 2.45) is 0 Å². The third kappa shape index (κ3) is 10.1. The van der Waals surface area contributed by atoms with Gasteiger partial charge in [0.2, 0.25) is 34.9 Å². The predicted octanol–water partition coefficient (Wildman–Crippen LogP) is 14.4. The van der Waals surface area contributed by atoms with E-state index >= 15 is 105 Å². The number of H-pyrrole nitrogens is 4. The topological polar surface area (TPSA) is 87.2 Å². The summed E-state index contributed by atoms with van der Waals surface area (Å²) < 4.78 is 473. The second kappa shape index (κ2) is 24.6. The van der Waals surface area contributed by atoms with E-state index in [1.165, 1.54) is 0 Å². The summed E-state index contributed by atoms with van der Waals surface area (Å²) in [5, 5.41) is -0.320. The van der Waals surface area contributed by atoms with E-state index < -0.39 is 309 Å². The van der Waals surface area contributed by atoms with Crippen molar-refractivity contribution in [3.63, 3.8) is 0 Å². The fourth-order valence-electron chi connectivity index (χ4n) is 11.9. The maximum Gasteiger partial charge on any atom is 0.200 e. The van der Waals surface area contributed by atoms with Crippen LogP contribution in [-0.4, -0.2) is 32.0 Å². The lowest BCUT2D eigenvalue weighted by atomic mass is 9.96. The van der Waals surface area contributed by atoms with Crippen LogP contribution in [0.2, 0.25) is 0 Å². The molecule has 0 spiro atoms. The predicted molar refractivity (Wildman–Crippen MR) is 291 cm³/mol. The summed E-state index contributed by atoms with van der Waals surface area (Å²) in [6, 6.07) is -1.38. The molecule has 3 aliphatic rings. The lowest BCUT2D eigenvalue weighted by molar-refractivity contribution is 0.375. The van der Waals surface area contributed by atoms with Crippen LogP contribution in [0.25, 0.3) is 33.4 Å². The molecule has 524 valence electrons. The molecule has 7 heterocycles. The average molecular weight is 1470 g/mol. The van der Waals surface area contributed by atoms with E-state index in [2.05, 4.69) is 30.6 Å². The van der Waals surface area contributed by atoms with E-state index in [1.54, 1.807) is 0 Å². The highest BCUT2D eigenvalue weighted by atomic mass is 19.2. The third-order valence-corrected chi connectivity index (χ3v) is 16.4. The average Bonchev–Trinajstić information content (AvgIpc) is 1.59. The molecule has 0 saturated carbocycles. The smallest absolute Gasteiger partial charge is 0.200 e. The molecule has 102 heavy (non-hydrogen) atoms. The van der Waals surface area contributed by atoms with Crippen molar-refractivity contribution in [1.82, 2.24) is 30.6 Å². The van der Waals surface area contributed by atoms with Gasteiger partial charge < -0.3 is 30.6 Å². The summed E-state index contributed by atoms with van der Waals surface area (Å²) in [6.45, 7) is 0. The molecule has 12 bridgehead atoms. The van der Waals surface area contributed by atoms with E-state index in [0.29, 0.717) is 72.8 Å². The van der Waals surface area contributed by atoms with Gasteiger partial charge in [-0.3, -0.25) is 0 Å². The molecule has 6 aromatic carbocycles. The van der Waals surface area contributed by atoms with Crippen molar-refractivity contribution in [1.29, 1.82) is 0 Å². The van der Waals surface area contributed by atoms with Gasteiger partial charge in [0.1, 0.15) is 0 Å². The number of aromatic nitrogens is 4. The summed E-state index contributed by atoms with van der Waals surface area (Å²) in [6.07, 6.45) is 1.97. The molecule has 6 N–H and O–H groups in total. The van der Waals surface area contributed by atoms with Crippen LogP contribution in [0.1, 0.15) is 56.2 Å². The Hall–Kier alpha value is -11.6. The number of halogens is 30. The van der Waals surface area contributed by atoms with Crippen LogP contribution in [0.3, 0.4) is 0 Å². The molecule has 0 saturated heterocycles. The minimum atomic E-state index is -2.89. The highest BCUT2D eigenvalue weighted by molar-refractivity contribution is 5.89. The van der Waals surface area contributed by atoms with Crippen molar-refractivity contribution in [2.75, 3.05) is 0 Å². The van der Waals surface area contributed by atoms with Gasteiger partial charge in [-0.05, 0) is 60.7 Å².